The second kappa shape index (κ2) is 4.69. The van der Waals surface area contributed by atoms with Gasteiger partial charge >= 0.3 is 0 Å². The Bertz CT molecular complexity index is 496. The SMILES string of the molecule is CN(C)c1cccc(Oc2cnc(N)cn2)c1. The summed E-state index contributed by atoms with van der Waals surface area (Å²) in [6.45, 7) is 0. The highest BCUT2D eigenvalue weighted by atomic mass is 16.5. The van der Waals surface area contributed by atoms with Crippen LogP contribution >= 0.6 is 0 Å². The van der Waals surface area contributed by atoms with E-state index in [1.165, 1.54) is 12.4 Å². The first-order valence-electron chi connectivity index (χ1n) is 5.18. The highest BCUT2D eigenvalue weighted by molar-refractivity contribution is 5.50. The molecule has 0 radical (unpaired) electrons. The molecule has 0 atom stereocenters. The molecule has 0 spiro atoms. The van der Waals surface area contributed by atoms with E-state index in [9.17, 15) is 0 Å². The van der Waals surface area contributed by atoms with Crippen molar-refractivity contribution in [2.24, 2.45) is 0 Å². The van der Waals surface area contributed by atoms with Gasteiger partial charge in [0, 0.05) is 25.8 Å². The van der Waals surface area contributed by atoms with Gasteiger partial charge in [0.25, 0.3) is 0 Å². The van der Waals surface area contributed by atoms with Crippen molar-refractivity contribution < 1.29 is 4.74 Å². The molecular formula is C12H14N4O. The highest BCUT2D eigenvalue weighted by Gasteiger charge is 2.01. The van der Waals surface area contributed by atoms with Crippen molar-refractivity contribution in [3.63, 3.8) is 0 Å². The van der Waals surface area contributed by atoms with E-state index < -0.39 is 0 Å². The van der Waals surface area contributed by atoms with Gasteiger partial charge < -0.3 is 15.4 Å². The van der Waals surface area contributed by atoms with Crippen LogP contribution in [0.2, 0.25) is 0 Å². The summed E-state index contributed by atoms with van der Waals surface area (Å²) in [5.41, 5.74) is 6.51. The lowest BCUT2D eigenvalue weighted by Crippen LogP contribution is -2.08. The molecule has 17 heavy (non-hydrogen) atoms. The van der Waals surface area contributed by atoms with Gasteiger partial charge in [0.05, 0.1) is 12.4 Å². The molecule has 5 nitrogen and oxygen atoms in total. The van der Waals surface area contributed by atoms with Gasteiger partial charge in [0.15, 0.2) is 0 Å². The van der Waals surface area contributed by atoms with Crippen LogP contribution in [0.5, 0.6) is 11.6 Å². The van der Waals surface area contributed by atoms with Crippen LogP contribution in [0, 0.1) is 0 Å². The van der Waals surface area contributed by atoms with Gasteiger partial charge in [0.1, 0.15) is 11.6 Å². The number of anilines is 2. The van der Waals surface area contributed by atoms with Gasteiger partial charge in [-0.3, -0.25) is 0 Å². The summed E-state index contributed by atoms with van der Waals surface area (Å²) in [6, 6.07) is 7.72. The molecular weight excluding hydrogens is 216 g/mol. The Morgan fingerprint density at radius 3 is 2.65 bits per heavy atom. The number of nitrogens with two attached hydrogens (primary N) is 1. The van der Waals surface area contributed by atoms with E-state index in [4.69, 9.17) is 10.5 Å². The zero-order chi connectivity index (χ0) is 12.3. The zero-order valence-corrected chi connectivity index (χ0v) is 9.79. The summed E-state index contributed by atoms with van der Waals surface area (Å²) in [5.74, 6) is 1.52. The van der Waals surface area contributed by atoms with E-state index in [-0.39, 0.29) is 0 Å². The average molecular weight is 230 g/mol. The molecule has 88 valence electrons. The number of aromatic nitrogens is 2. The summed E-state index contributed by atoms with van der Waals surface area (Å²) in [4.78, 5) is 9.94. The first kappa shape index (κ1) is 11.2. The number of nitrogens with zero attached hydrogens (tertiary/aromatic N) is 3. The third-order valence-corrected chi connectivity index (χ3v) is 2.20. The molecule has 0 saturated heterocycles. The Kier molecular flexibility index (Phi) is 3.09. The van der Waals surface area contributed by atoms with Crippen molar-refractivity contribution >= 4 is 11.5 Å². The zero-order valence-electron chi connectivity index (χ0n) is 9.79. The number of rotatable bonds is 3. The average Bonchev–Trinajstić information content (AvgIpc) is 2.32. The topological polar surface area (TPSA) is 64.3 Å². The van der Waals surface area contributed by atoms with Crippen LogP contribution in [-0.4, -0.2) is 24.1 Å². The van der Waals surface area contributed by atoms with E-state index >= 15 is 0 Å². The maximum atomic E-state index is 5.57. The van der Waals surface area contributed by atoms with Crippen LogP contribution in [0.15, 0.2) is 36.7 Å². The molecule has 2 N–H and O–H groups in total. The molecule has 2 rings (SSSR count). The highest BCUT2D eigenvalue weighted by Crippen LogP contribution is 2.23. The first-order chi connectivity index (χ1) is 8.15. The molecule has 0 bridgehead atoms. The van der Waals surface area contributed by atoms with Crippen molar-refractivity contribution in [2.75, 3.05) is 24.7 Å². The molecule has 0 aliphatic rings. The number of nitrogen functional groups attached to an aromatic ring is 1. The van der Waals surface area contributed by atoms with Crippen LogP contribution in [0.25, 0.3) is 0 Å². The van der Waals surface area contributed by atoms with Crippen LogP contribution in [-0.2, 0) is 0 Å². The minimum Gasteiger partial charge on any atom is -0.437 e. The molecule has 0 unspecified atom stereocenters. The first-order valence-corrected chi connectivity index (χ1v) is 5.18. The van der Waals surface area contributed by atoms with Gasteiger partial charge in [-0.25, -0.2) is 9.97 Å². The predicted octanol–water partition coefficient (Wildman–Crippen LogP) is 1.92. The van der Waals surface area contributed by atoms with E-state index in [0.29, 0.717) is 11.7 Å². The molecule has 1 aromatic heterocycles. The van der Waals surface area contributed by atoms with Crippen LogP contribution in [0.1, 0.15) is 0 Å². The monoisotopic (exact) mass is 230 g/mol. The molecule has 0 fully saturated rings. The Labute approximate surface area is 99.9 Å². The summed E-state index contributed by atoms with van der Waals surface area (Å²) >= 11 is 0. The maximum absolute atomic E-state index is 5.57. The third-order valence-electron chi connectivity index (χ3n) is 2.20. The van der Waals surface area contributed by atoms with E-state index in [2.05, 4.69) is 9.97 Å². The molecule has 1 aromatic carbocycles. The molecule has 0 amide bonds. The molecule has 5 heteroatoms. The predicted molar refractivity (Wildman–Crippen MR) is 67.3 cm³/mol. The Hall–Kier alpha value is -2.30. The molecule has 0 aliphatic carbocycles. The fourth-order valence-corrected chi connectivity index (χ4v) is 1.32. The Balaban J connectivity index is 2.18. The van der Waals surface area contributed by atoms with Gasteiger partial charge in [-0.1, -0.05) is 6.07 Å². The number of ether oxygens (including phenoxy) is 1. The lowest BCUT2D eigenvalue weighted by Gasteiger charge is -2.13. The molecule has 0 aliphatic heterocycles. The van der Waals surface area contributed by atoms with Gasteiger partial charge in [-0.05, 0) is 12.1 Å². The Morgan fingerprint density at radius 1 is 1.18 bits per heavy atom. The standard InChI is InChI=1S/C12H14N4O/c1-16(2)9-4-3-5-10(6-9)17-12-8-14-11(13)7-15-12/h3-8H,1-2H3,(H2,13,14). The maximum Gasteiger partial charge on any atom is 0.237 e. The molecule has 1 heterocycles. The van der Waals surface area contributed by atoms with Crippen LogP contribution in [0.3, 0.4) is 0 Å². The summed E-state index contributed by atoms with van der Waals surface area (Å²) in [7, 11) is 3.95. The van der Waals surface area contributed by atoms with Crippen molar-refractivity contribution in [1.29, 1.82) is 0 Å². The van der Waals surface area contributed by atoms with Crippen molar-refractivity contribution in [1.82, 2.24) is 9.97 Å². The quantitative estimate of drug-likeness (QED) is 0.872. The second-order valence-corrected chi connectivity index (χ2v) is 3.77. The van der Waals surface area contributed by atoms with Crippen molar-refractivity contribution in [2.45, 2.75) is 0 Å². The Morgan fingerprint density at radius 2 is 2.00 bits per heavy atom. The lowest BCUT2D eigenvalue weighted by molar-refractivity contribution is 0.460. The molecule has 2 aromatic rings. The van der Waals surface area contributed by atoms with Gasteiger partial charge in [-0.15, -0.1) is 0 Å². The summed E-state index contributed by atoms with van der Waals surface area (Å²) in [6.07, 6.45) is 2.96. The summed E-state index contributed by atoms with van der Waals surface area (Å²) in [5, 5.41) is 0. The minimum absolute atomic E-state index is 0.374. The number of benzene rings is 1. The third kappa shape index (κ3) is 2.84. The van der Waals surface area contributed by atoms with E-state index in [0.717, 1.165) is 11.4 Å². The largest absolute Gasteiger partial charge is 0.437 e. The summed E-state index contributed by atoms with van der Waals surface area (Å²) < 4.78 is 5.57. The second-order valence-electron chi connectivity index (χ2n) is 3.77. The van der Waals surface area contributed by atoms with Gasteiger partial charge in [0.2, 0.25) is 5.88 Å². The van der Waals surface area contributed by atoms with E-state index in [1.807, 2.05) is 43.3 Å². The smallest absolute Gasteiger partial charge is 0.237 e. The number of hydrogen-bond donors (Lipinski definition) is 1. The normalized spacial score (nSPS) is 10.0. The van der Waals surface area contributed by atoms with Crippen molar-refractivity contribution in [3.05, 3.63) is 36.7 Å². The van der Waals surface area contributed by atoms with Crippen LogP contribution < -0.4 is 15.4 Å². The fraction of sp³-hybridized carbons (Fsp3) is 0.167. The minimum atomic E-state index is 0.374. The van der Waals surface area contributed by atoms with Gasteiger partial charge in [-0.2, -0.15) is 0 Å². The van der Waals surface area contributed by atoms with Crippen molar-refractivity contribution in [3.8, 4) is 11.6 Å². The van der Waals surface area contributed by atoms with E-state index in [1.54, 1.807) is 0 Å². The molecule has 0 saturated carbocycles. The number of hydrogen-bond acceptors (Lipinski definition) is 5. The lowest BCUT2D eigenvalue weighted by atomic mass is 10.3. The fourth-order valence-electron chi connectivity index (χ4n) is 1.32. The van der Waals surface area contributed by atoms with Crippen LogP contribution in [0.4, 0.5) is 11.5 Å².